The van der Waals surface area contributed by atoms with E-state index in [9.17, 15) is 14.4 Å². The highest BCUT2D eigenvalue weighted by molar-refractivity contribution is 7.80. The van der Waals surface area contributed by atoms with Gasteiger partial charge >= 0.3 is 5.97 Å². The molecule has 1 aliphatic heterocycles. The third-order valence-corrected chi connectivity index (χ3v) is 4.00. The van der Waals surface area contributed by atoms with E-state index >= 15 is 0 Å². The summed E-state index contributed by atoms with van der Waals surface area (Å²) in [5.74, 6) is 1.50. The van der Waals surface area contributed by atoms with Gasteiger partial charge in [0.2, 0.25) is 11.6 Å². The van der Waals surface area contributed by atoms with Crippen LogP contribution in [0.3, 0.4) is 0 Å². The highest BCUT2D eigenvalue weighted by Gasteiger charge is 2.30. The third kappa shape index (κ3) is 5.12. The van der Waals surface area contributed by atoms with Crippen LogP contribution in [0.4, 0.5) is 0 Å². The fourth-order valence-electron chi connectivity index (χ4n) is 2.28. The largest absolute Gasteiger partial charge is 0.465 e. The number of thiol groups is 1. The lowest BCUT2D eigenvalue weighted by Gasteiger charge is -2.33. The maximum Gasteiger partial charge on any atom is 0.324 e. The summed E-state index contributed by atoms with van der Waals surface area (Å²) in [6.45, 7) is 4.88. The van der Waals surface area contributed by atoms with Crippen LogP contribution >= 0.6 is 12.6 Å². The van der Waals surface area contributed by atoms with Gasteiger partial charge in [0.1, 0.15) is 6.04 Å². The molecule has 1 heterocycles. The molecule has 23 heavy (non-hydrogen) atoms. The summed E-state index contributed by atoms with van der Waals surface area (Å²) in [4.78, 5) is 38.6. The number of terminal acetylenes is 1. The smallest absolute Gasteiger partial charge is 0.324 e. The molecule has 6 nitrogen and oxygen atoms in total. The minimum Gasteiger partial charge on any atom is -0.465 e. The molecule has 1 rings (SSSR count). The number of hydrogen-bond acceptors (Lipinski definition) is 7. The van der Waals surface area contributed by atoms with Crippen molar-refractivity contribution in [3.05, 3.63) is 12.3 Å². The molecule has 0 amide bonds. The van der Waals surface area contributed by atoms with Crippen molar-refractivity contribution in [1.82, 2.24) is 9.80 Å². The van der Waals surface area contributed by atoms with Crippen LogP contribution in [0, 0.1) is 12.3 Å². The Labute approximate surface area is 142 Å². The molecule has 0 aromatic carbocycles. The molecule has 0 fully saturated rings. The summed E-state index contributed by atoms with van der Waals surface area (Å²) in [6, 6.07) is -1.06. The van der Waals surface area contributed by atoms with Crippen molar-refractivity contribution in [3.8, 4) is 12.3 Å². The first-order chi connectivity index (χ1) is 11.0. The van der Waals surface area contributed by atoms with Crippen LogP contribution in [0.1, 0.15) is 13.8 Å². The van der Waals surface area contributed by atoms with Crippen LogP contribution in [0.25, 0.3) is 0 Å². The molecule has 2 unspecified atom stereocenters. The summed E-state index contributed by atoms with van der Waals surface area (Å²) < 4.78 is 5.04. The van der Waals surface area contributed by atoms with Crippen LogP contribution in [0.15, 0.2) is 12.3 Å². The van der Waals surface area contributed by atoms with Gasteiger partial charge in [-0.1, -0.05) is 5.92 Å². The molecule has 0 saturated heterocycles. The van der Waals surface area contributed by atoms with E-state index in [0.29, 0.717) is 13.1 Å². The Morgan fingerprint density at radius 1 is 1.57 bits per heavy atom. The Kier molecular flexibility index (Phi) is 7.86. The van der Waals surface area contributed by atoms with Gasteiger partial charge in [0.05, 0.1) is 19.2 Å². The van der Waals surface area contributed by atoms with Gasteiger partial charge < -0.3 is 9.64 Å². The van der Waals surface area contributed by atoms with Gasteiger partial charge in [-0.05, 0) is 13.8 Å². The zero-order chi connectivity index (χ0) is 17.4. The zero-order valence-electron chi connectivity index (χ0n) is 13.4. The summed E-state index contributed by atoms with van der Waals surface area (Å²) >= 11 is 4.21. The number of allylic oxidation sites excluding steroid dienone is 1. The lowest BCUT2D eigenvalue weighted by atomic mass is 10.1. The summed E-state index contributed by atoms with van der Waals surface area (Å²) in [6.07, 6.45) is 8.24. The molecule has 0 saturated carbocycles. The fourth-order valence-corrected chi connectivity index (χ4v) is 2.66. The van der Waals surface area contributed by atoms with Crippen molar-refractivity contribution in [2.45, 2.75) is 25.9 Å². The van der Waals surface area contributed by atoms with Crippen LogP contribution in [-0.4, -0.2) is 71.4 Å². The van der Waals surface area contributed by atoms with Crippen molar-refractivity contribution >= 4 is 30.2 Å². The molecule has 7 heteroatoms. The number of Topliss-reactive ketones (excluding diaryl/α,β-unsaturated/α-hetero) is 1. The second-order valence-electron chi connectivity index (χ2n) is 5.08. The fraction of sp³-hybridized carbons (Fsp3) is 0.562. The number of carbonyl (C=O) groups excluding carboxylic acids is 3. The van der Waals surface area contributed by atoms with Crippen molar-refractivity contribution in [2.24, 2.45) is 0 Å². The van der Waals surface area contributed by atoms with Crippen molar-refractivity contribution in [1.29, 1.82) is 0 Å². The highest BCUT2D eigenvalue weighted by Crippen LogP contribution is 2.11. The SMILES string of the molecule is C#CCN(CCN1C=CC(=O)C(=O)C1C)C(CS)C(=O)OCC. The van der Waals surface area contributed by atoms with Gasteiger partial charge in [0.25, 0.3) is 0 Å². The maximum atomic E-state index is 12.0. The first-order valence-corrected chi connectivity index (χ1v) is 8.06. The zero-order valence-corrected chi connectivity index (χ0v) is 14.3. The quantitative estimate of drug-likeness (QED) is 0.294. The van der Waals surface area contributed by atoms with Crippen LogP contribution in [0.2, 0.25) is 0 Å². The predicted molar refractivity (Wildman–Crippen MR) is 90.0 cm³/mol. The van der Waals surface area contributed by atoms with E-state index in [0.717, 1.165) is 0 Å². The monoisotopic (exact) mass is 338 g/mol. The summed E-state index contributed by atoms with van der Waals surface area (Å²) in [5.41, 5.74) is 0. The topological polar surface area (TPSA) is 66.9 Å². The van der Waals surface area contributed by atoms with Crippen molar-refractivity contribution in [3.63, 3.8) is 0 Å². The summed E-state index contributed by atoms with van der Waals surface area (Å²) in [7, 11) is 0. The molecule has 0 spiro atoms. The molecule has 2 atom stereocenters. The number of hydrogen-bond donors (Lipinski definition) is 1. The second kappa shape index (κ2) is 9.38. The van der Waals surface area contributed by atoms with Crippen LogP contribution < -0.4 is 0 Å². The Hall–Kier alpha value is -1.78. The van der Waals surface area contributed by atoms with Gasteiger partial charge in [-0.3, -0.25) is 19.3 Å². The van der Waals surface area contributed by atoms with E-state index in [4.69, 9.17) is 11.2 Å². The van der Waals surface area contributed by atoms with E-state index in [1.54, 1.807) is 29.8 Å². The van der Waals surface area contributed by atoms with Gasteiger partial charge in [-0.2, -0.15) is 12.6 Å². The predicted octanol–water partition coefficient (Wildman–Crippen LogP) is 0.139. The molecule has 0 bridgehead atoms. The average molecular weight is 338 g/mol. The number of nitrogens with zero attached hydrogens (tertiary/aromatic N) is 2. The Morgan fingerprint density at radius 2 is 2.26 bits per heavy atom. The Morgan fingerprint density at radius 3 is 2.83 bits per heavy atom. The van der Waals surface area contributed by atoms with Crippen LogP contribution in [-0.2, 0) is 19.1 Å². The molecule has 126 valence electrons. The van der Waals surface area contributed by atoms with Gasteiger partial charge in [-0.25, -0.2) is 0 Å². The molecule has 0 N–H and O–H groups in total. The van der Waals surface area contributed by atoms with E-state index in [2.05, 4.69) is 18.5 Å². The average Bonchev–Trinajstić information content (AvgIpc) is 2.52. The standard InChI is InChI=1S/C16H22N2O4S/c1-4-7-18(13(11-23)16(21)22-5-2)10-9-17-8-6-14(19)15(20)12(17)3/h1,6,8,12-13,23H,5,7,9-11H2,2-3H3. The normalized spacial score (nSPS) is 18.9. The second-order valence-corrected chi connectivity index (χ2v) is 5.45. The maximum absolute atomic E-state index is 12.0. The van der Waals surface area contributed by atoms with E-state index in [1.807, 2.05) is 0 Å². The third-order valence-electron chi connectivity index (χ3n) is 3.65. The number of carbonyl (C=O) groups is 3. The lowest BCUT2D eigenvalue weighted by molar-refractivity contribution is -0.148. The molecule has 0 aliphatic carbocycles. The minimum atomic E-state index is -0.546. The molecule has 0 aromatic rings. The van der Waals surface area contributed by atoms with E-state index in [1.165, 1.54) is 6.08 Å². The first-order valence-electron chi connectivity index (χ1n) is 7.43. The van der Waals surface area contributed by atoms with Crippen molar-refractivity contribution in [2.75, 3.05) is 32.0 Å². The molecule has 0 radical (unpaired) electrons. The molecular weight excluding hydrogens is 316 g/mol. The molecule has 0 aromatic heterocycles. The van der Waals surface area contributed by atoms with Gasteiger partial charge in [0, 0.05) is 31.1 Å². The lowest BCUT2D eigenvalue weighted by Crippen LogP contribution is -2.49. The Balaban J connectivity index is 2.74. The number of ketones is 2. The molecule has 1 aliphatic rings. The van der Waals surface area contributed by atoms with E-state index < -0.39 is 23.7 Å². The highest BCUT2D eigenvalue weighted by atomic mass is 32.1. The van der Waals surface area contributed by atoms with E-state index in [-0.39, 0.29) is 24.9 Å². The number of ether oxygens (including phenoxy) is 1. The first kappa shape index (κ1) is 19.3. The Bertz CT molecular complexity index is 527. The number of rotatable bonds is 8. The van der Waals surface area contributed by atoms with Crippen LogP contribution in [0.5, 0.6) is 0 Å². The minimum absolute atomic E-state index is 0.267. The van der Waals surface area contributed by atoms with Gasteiger partial charge in [-0.15, -0.1) is 6.42 Å². The van der Waals surface area contributed by atoms with Crippen molar-refractivity contribution < 1.29 is 19.1 Å². The number of esters is 1. The summed E-state index contributed by atoms with van der Waals surface area (Å²) in [5, 5.41) is 0. The molecular formula is C16H22N2O4S. The van der Waals surface area contributed by atoms with Gasteiger partial charge in [0.15, 0.2) is 0 Å².